The summed E-state index contributed by atoms with van der Waals surface area (Å²) < 4.78 is 0. The van der Waals surface area contributed by atoms with Crippen molar-refractivity contribution in [1.29, 1.82) is 0 Å². The fourth-order valence-electron chi connectivity index (χ4n) is 10.2. The van der Waals surface area contributed by atoms with Crippen LogP contribution >= 0.6 is 0 Å². The van der Waals surface area contributed by atoms with E-state index in [1.54, 1.807) is 0 Å². The second-order valence-electron chi connectivity index (χ2n) is 25.1. The van der Waals surface area contributed by atoms with Crippen molar-refractivity contribution in [2.45, 2.75) is 260 Å². The minimum Gasteiger partial charge on any atom is -0.393 e. The van der Waals surface area contributed by atoms with Gasteiger partial charge in [0.25, 0.3) is 0 Å². The molecule has 10 atom stereocenters. The molecule has 0 aliphatic carbocycles. The predicted molar refractivity (Wildman–Crippen MR) is 298 cm³/mol. The first-order chi connectivity index (χ1) is 33.7. The van der Waals surface area contributed by atoms with Crippen LogP contribution < -0.4 is 0 Å². The van der Waals surface area contributed by atoms with Gasteiger partial charge in [0.05, 0.1) is 61.0 Å². The Kier molecular flexibility index (Phi) is 42.1. The lowest BCUT2D eigenvalue weighted by molar-refractivity contribution is 0.0380. The van der Waals surface area contributed by atoms with Crippen molar-refractivity contribution in [2.24, 2.45) is 35.5 Å². The maximum Gasteiger partial charge on any atom is 0.0667 e. The molecule has 0 fully saturated rings. The quantitative estimate of drug-likeness (QED) is 0.0305. The molecule has 72 heavy (non-hydrogen) atoms. The van der Waals surface area contributed by atoms with E-state index < -0.39 is 42.7 Å². The van der Waals surface area contributed by atoms with E-state index in [4.69, 9.17) is 0 Å². The van der Waals surface area contributed by atoms with Crippen LogP contribution in [0.4, 0.5) is 0 Å². The maximum absolute atomic E-state index is 11.4. The summed E-state index contributed by atoms with van der Waals surface area (Å²) in [7, 11) is 0. The first-order valence-electron chi connectivity index (χ1n) is 29.4. The molecule has 0 amide bonds. The first-order valence-corrected chi connectivity index (χ1v) is 29.4. The number of aliphatic hydroxyl groups excluding tert-OH is 10. The highest BCUT2D eigenvalue weighted by atomic mass is 16.3. The fraction of sp³-hybridized carbons (Fsp3) is 1.00. The molecule has 0 rings (SSSR count). The molecule has 0 aromatic carbocycles. The Bertz CT molecular complexity index is 1190. The van der Waals surface area contributed by atoms with Crippen LogP contribution in [0, 0.1) is 35.5 Å². The average Bonchev–Trinajstić information content (AvgIpc) is 3.23. The van der Waals surface area contributed by atoms with Gasteiger partial charge in [0.15, 0.2) is 0 Å². The summed E-state index contributed by atoms with van der Waals surface area (Å²) in [6, 6.07) is 0. The fourth-order valence-corrected chi connectivity index (χ4v) is 10.2. The zero-order chi connectivity index (χ0) is 54.8. The summed E-state index contributed by atoms with van der Waals surface area (Å²) in [6.07, 6.45) is 6.63. The molecule has 10 N–H and O–H groups in total. The van der Waals surface area contributed by atoms with Gasteiger partial charge in [-0.1, -0.05) is 83.1 Å². The number of rotatable bonds is 49. The van der Waals surface area contributed by atoms with Crippen molar-refractivity contribution in [3.8, 4) is 0 Å². The van der Waals surface area contributed by atoms with Gasteiger partial charge >= 0.3 is 0 Å². The third-order valence-corrected chi connectivity index (χ3v) is 13.9. The van der Waals surface area contributed by atoms with Crippen molar-refractivity contribution in [3.05, 3.63) is 0 Å². The van der Waals surface area contributed by atoms with Gasteiger partial charge in [-0.25, -0.2) is 0 Å². The summed E-state index contributed by atoms with van der Waals surface area (Å²) in [4.78, 5) is 8.80. The lowest BCUT2D eigenvalue weighted by atomic mass is 10.00. The van der Waals surface area contributed by atoms with E-state index in [-0.39, 0.29) is 24.2 Å². The van der Waals surface area contributed by atoms with E-state index in [0.717, 1.165) is 51.6 Å². The van der Waals surface area contributed by atoms with Crippen LogP contribution in [0.15, 0.2) is 0 Å². The van der Waals surface area contributed by atoms with Crippen molar-refractivity contribution in [1.82, 2.24) is 19.6 Å². The van der Waals surface area contributed by atoms with E-state index in [9.17, 15) is 51.1 Å². The molecular weight excluding hydrogens is 913 g/mol. The summed E-state index contributed by atoms with van der Waals surface area (Å²) in [5.41, 5.74) is 0. The van der Waals surface area contributed by atoms with E-state index in [0.29, 0.717) is 172 Å². The van der Waals surface area contributed by atoms with Crippen LogP contribution in [0.25, 0.3) is 0 Å². The Hall–Kier alpha value is -0.560. The second kappa shape index (κ2) is 42.5. The second-order valence-corrected chi connectivity index (χ2v) is 25.1. The van der Waals surface area contributed by atoms with Crippen molar-refractivity contribution in [3.63, 3.8) is 0 Å². The molecule has 0 aliphatic heterocycles. The SMILES string of the molecule is CC(C)CC(O)CCCC(O)CN(CCN(CC(O)CCCC(O)CN(CCN(CC(O)CCCC(O)CC(C)C)CC(O)CCCC(O)CC(C)C)CC(C)C)CC(O)CCCC(O)C(C)C)CC(C)C. The van der Waals surface area contributed by atoms with E-state index in [1.807, 2.05) is 13.8 Å². The van der Waals surface area contributed by atoms with E-state index in [2.05, 4.69) is 88.8 Å². The van der Waals surface area contributed by atoms with Gasteiger partial charge in [0.2, 0.25) is 0 Å². The third kappa shape index (κ3) is 42.5. The smallest absolute Gasteiger partial charge is 0.0667 e. The first kappa shape index (κ1) is 71.4. The van der Waals surface area contributed by atoms with Crippen molar-refractivity contribution < 1.29 is 51.1 Å². The number of nitrogens with zero attached hydrogens (tertiary/aromatic N) is 4. The van der Waals surface area contributed by atoms with Crippen LogP contribution in [0.5, 0.6) is 0 Å². The molecule has 434 valence electrons. The zero-order valence-corrected chi connectivity index (χ0v) is 48.7. The lowest BCUT2D eigenvalue weighted by Gasteiger charge is -2.33. The summed E-state index contributed by atoms with van der Waals surface area (Å²) in [6.45, 7) is 31.9. The zero-order valence-electron chi connectivity index (χ0n) is 48.7. The number of hydrogen-bond acceptors (Lipinski definition) is 14. The summed E-state index contributed by atoms with van der Waals surface area (Å²) in [5.74, 6) is 2.15. The van der Waals surface area contributed by atoms with Gasteiger partial charge in [0, 0.05) is 78.5 Å². The Labute approximate surface area is 443 Å². The Morgan fingerprint density at radius 3 is 0.625 bits per heavy atom. The van der Waals surface area contributed by atoms with Crippen LogP contribution in [0.3, 0.4) is 0 Å². The Morgan fingerprint density at radius 1 is 0.236 bits per heavy atom. The third-order valence-electron chi connectivity index (χ3n) is 13.9. The molecule has 0 radical (unpaired) electrons. The molecule has 10 unspecified atom stereocenters. The maximum atomic E-state index is 11.4. The number of hydrogen-bond donors (Lipinski definition) is 10. The molecule has 0 saturated carbocycles. The topological polar surface area (TPSA) is 215 Å². The Balaban J connectivity index is 5.71. The van der Waals surface area contributed by atoms with E-state index >= 15 is 0 Å². The molecule has 0 bridgehead atoms. The summed E-state index contributed by atoms with van der Waals surface area (Å²) in [5, 5.41) is 109. The highest BCUT2D eigenvalue weighted by Gasteiger charge is 2.23. The van der Waals surface area contributed by atoms with Gasteiger partial charge < -0.3 is 51.1 Å². The average molecular weight is 1040 g/mol. The molecule has 0 aromatic heterocycles. The lowest BCUT2D eigenvalue weighted by Crippen LogP contribution is -2.45. The minimum absolute atomic E-state index is 0.159. The molecule has 14 heteroatoms. The molecule has 14 nitrogen and oxygen atoms in total. The van der Waals surface area contributed by atoms with Crippen LogP contribution in [-0.2, 0) is 0 Å². The predicted octanol–water partition coefficient (Wildman–Crippen LogP) is 6.76. The van der Waals surface area contributed by atoms with Crippen LogP contribution in [0.1, 0.15) is 199 Å². The highest BCUT2D eigenvalue weighted by Crippen LogP contribution is 2.18. The molecule has 0 heterocycles. The monoisotopic (exact) mass is 1030 g/mol. The van der Waals surface area contributed by atoms with E-state index in [1.165, 1.54) is 0 Å². The van der Waals surface area contributed by atoms with Gasteiger partial charge in [-0.3, -0.25) is 19.6 Å². The van der Waals surface area contributed by atoms with Crippen LogP contribution in [-0.4, -0.2) is 210 Å². The van der Waals surface area contributed by atoms with Crippen molar-refractivity contribution >= 4 is 0 Å². The van der Waals surface area contributed by atoms with Crippen LogP contribution in [0.2, 0.25) is 0 Å². The van der Waals surface area contributed by atoms with Crippen molar-refractivity contribution in [2.75, 3.05) is 78.5 Å². The highest BCUT2D eigenvalue weighted by molar-refractivity contribution is 4.78. The molecule has 0 spiro atoms. The Morgan fingerprint density at radius 2 is 0.431 bits per heavy atom. The minimum atomic E-state index is -0.663. The van der Waals surface area contributed by atoms with Gasteiger partial charge in [-0.2, -0.15) is 0 Å². The standard InChI is InChI=1S/C58H122N4O10/c1-43(2)32-49(63)18-13-21-52(66)37-59(35-46(7)8)29-31-62(42-57(71)26-17-27-58(72)48(11)12)41-56(70)25-16-24-53(67)38-60(36-47(9)10)28-30-61(39-54(68)22-14-19-50(64)33-44(3)4)40-55(69)23-15-20-51(65)34-45(5)6/h43-58,63-72H,13-42H2,1-12H3. The summed E-state index contributed by atoms with van der Waals surface area (Å²) >= 11 is 0. The van der Waals surface area contributed by atoms with Gasteiger partial charge in [0.1, 0.15) is 0 Å². The molecule has 0 aromatic rings. The van der Waals surface area contributed by atoms with Gasteiger partial charge in [-0.15, -0.1) is 0 Å². The molecular formula is C58H122N4O10. The largest absolute Gasteiger partial charge is 0.393 e. The molecule has 0 saturated heterocycles. The molecule has 0 aliphatic rings. The van der Waals surface area contributed by atoms with Gasteiger partial charge in [-0.05, 0) is 151 Å². The number of aliphatic hydroxyl groups is 10. The normalized spacial score (nSPS) is 17.2.